The number of ether oxygens (including phenoxy) is 1. The predicted molar refractivity (Wildman–Crippen MR) is 95.0 cm³/mol. The van der Waals surface area contributed by atoms with E-state index in [1.165, 1.54) is 0 Å². The number of benzene rings is 1. The van der Waals surface area contributed by atoms with Crippen LogP contribution in [0.25, 0.3) is 0 Å². The van der Waals surface area contributed by atoms with Crippen molar-refractivity contribution in [2.24, 2.45) is 0 Å². The predicted octanol–water partition coefficient (Wildman–Crippen LogP) is 2.15. The molecule has 0 atom stereocenters. The molecule has 24 heavy (non-hydrogen) atoms. The van der Waals surface area contributed by atoms with Gasteiger partial charge in [0, 0.05) is 31.9 Å². The molecule has 7 nitrogen and oxygen atoms in total. The van der Waals surface area contributed by atoms with Crippen molar-refractivity contribution in [2.75, 3.05) is 43.4 Å². The molecule has 2 aromatic rings. The molecule has 1 N–H and O–H groups in total. The minimum Gasteiger partial charge on any atom is -0.491 e. The van der Waals surface area contributed by atoms with Gasteiger partial charge < -0.3 is 19.9 Å². The summed E-state index contributed by atoms with van der Waals surface area (Å²) >= 11 is 0. The first kappa shape index (κ1) is 16.4. The molecule has 1 aromatic heterocycles. The summed E-state index contributed by atoms with van der Waals surface area (Å²) in [6.45, 7) is 7.99. The van der Waals surface area contributed by atoms with Crippen LogP contribution >= 0.6 is 0 Å². The van der Waals surface area contributed by atoms with Gasteiger partial charge in [0.05, 0.1) is 12.3 Å². The third kappa shape index (κ3) is 4.32. The summed E-state index contributed by atoms with van der Waals surface area (Å²) in [7, 11) is 2.13. The number of anilines is 3. The highest BCUT2D eigenvalue weighted by atomic mass is 16.5. The fourth-order valence-electron chi connectivity index (χ4n) is 2.55. The van der Waals surface area contributed by atoms with E-state index in [1.807, 2.05) is 38.1 Å². The van der Waals surface area contributed by atoms with Crippen LogP contribution in [0.1, 0.15) is 13.8 Å². The Labute approximate surface area is 142 Å². The number of nitrogens with zero attached hydrogens (tertiary/aromatic N) is 5. The Morgan fingerprint density at radius 3 is 2.46 bits per heavy atom. The van der Waals surface area contributed by atoms with Crippen LogP contribution in [0.5, 0.6) is 5.75 Å². The molecule has 0 unspecified atom stereocenters. The van der Waals surface area contributed by atoms with Crippen LogP contribution in [0.15, 0.2) is 30.5 Å². The molecule has 1 aliphatic rings. The highest BCUT2D eigenvalue weighted by molar-refractivity contribution is 5.55. The average Bonchev–Trinajstić information content (AvgIpc) is 2.57. The van der Waals surface area contributed by atoms with Gasteiger partial charge in [-0.15, -0.1) is 5.10 Å². The van der Waals surface area contributed by atoms with Gasteiger partial charge in [-0.2, -0.15) is 10.1 Å². The number of nitrogens with one attached hydrogen (secondary N) is 1. The second-order valence-corrected chi connectivity index (χ2v) is 6.24. The summed E-state index contributed by atoms with van der Waals surface area (Å²) in [5.41, 5.74) is 0.906. The van der Waals surface area contributed by atoms with Crippen molar-refractivity contribution in [3.63, 3.8) is 0 Å². The zero-order valence-electron chi connectivity index (χ0n) is 14.4. The Morgan fingerprint density at radius 2 is 1.79 bits per heavy atom. The van der Waals surface area contributed by atoms with E-state index in [-0.39, 0.29) is 6.10 Å². The van der Waals surface area contributed by atoms with Gasteiger partial charge in [0.1, 0.15) is 5.75 Å². The van der Waals surface area contributed by atoms with Crippen molar-refractivity contribution in [3.8, 4) is 5.75 Å². The minimum atomic E-state index is 0.164. The van der Waals surface area contributed by atoms with Gasteiger partial charge in [0.2, 0.25) is 5.95 Å². The Kier molecular flexibility index (Phi) is 5.10. The smallest absolute Gasteiger partial charge is 0.249 e. The van der Waals surface area contributed by atoms with Crippen LogP contribution in [0.4, 0.5) is 17.5 Å². The molecule has 0 spiro atoms. The van der Waals surface area contributed by atoms with Crippen LogP contribution in [0.2, 0.25) is 0 Å². The van der Waals surface area contributed by atoms with E-state index in [0.717, 1.165) is 43.4 Å². The summed E-state index contributed by atoms with van der Waals surface area (Å²) in [6.07, 6.45) is 1.88. The Bertz CT molecular complexity index is 652. The van der Waals surface area contributed by atoms with Crippen molar-refractivity contribution >= 4 is 17.5 Å². The molecule has 128 valence electrons. The number of aromatic nitrogens is 3. The van der Waals surface area contributed by atoms with Gasteiger partial charge in [-0.3, -0.25) is 0 Å². The lowest BCUT2D eigenvalue weighted by Crippen LogP contribution is -2.44. The Hall–Kier alpha value is -2.41. The van der Waals surface area contributed by atoms with E-state index in [1.54, 1.807) is 6.20 Å². The van der Waals surface area contributed by atoms with Crippen molar-refractivity contribution in [2.45, 2.75) is 20.0 Å². The molecule has 7 heteroatoms. The number of piperazine rings is 1. The maximum Gasteiger partial charge on any atom is 0.249 e. The van der Waals surface area contributed by atoms with Crippen LogP contribution in [-0.4, -0.2) is 59.4 Å². The lowest BCUT2D eigenvalue weighted by atomic mass is 10.3. The molecule has 1 saturated heterocycles. The first-order valence-electron chi connectivity index (χ1n) is 8.27. The van der Waals surface area contributed by atoms with E-state index in [2.05, 4.69) is 37.3 Å². The lowest BCUT2D eigenvalue weighted by molar-refractivity contribution is 0.242. The van der Waals surface area contributed by atoms with Crippen molar-refractivity contribution < 1.29 is 4.74 Å². The topological polar surface area (TPSA) is 66.4 Å². The molecule has 3 rings (SSSR count). The number of likely N-dealkylation sites (N-methyl/N-ethyl adjacent to an activating group) is 1. The highest BCUT2D eigenvalue weighted by Crippen LogP contribution is 2.20. The number of rotatable bonds is 5. The largest absolute Gasteiger partial charge is 0.491 e. The second-order valence-electron chi connectivity index (χ2n) is 6.24. The van der Waals surface area contributed by atoms with Gasteiger partial charge in [-0.05, 0) is 45.2 Å². The van der Waals surface area contributed by atoms with Gasteiger partial charge in [0.15, 0.2) is 5.82 Å². The summed E-state index contributed by atoms with van der Waals surface area (Å²) < 4.78 is 5.64. The zero-order valence-corrected chi connectivity index (χ0v) is 14.4. The maximum atomic E-state index is 5.64. The quantitative estimate of drug-likeness (QED) is 0.902. The average molecular weight is 328 g/mol. The molecule has 0 saturated carbocycles. The molecule has 1 fully saturated rings. The Morgan fingerprint density at radius 1 is 1.08 bits per heavy atom. The van der Waals surface area contributed by atoms with E-state index in [9.17, 15) is 0 Å². The first-order valence-corrected chi connectivity index (χ1v) is 8.27. The summed E-state index contributed by atoms with van der Waals surface area (Å²) in [6, 6.07) is 7.76. The molecule has 1 aromatic carbocycles. The molecule has 1 aliphatic heterocycles. The summed E-state index contributed by atoms with van der Waals surface area (Å²) in [5, 5.41) is 11.3. The fraction of sp³-hybridized carbons (Fsp3) is 0.471. The molecular formula is C17H24N6O. The Balaban J connectivity index is 1.66. The van der Waals surface area contributed by atoms with Crippen molar-refractivity contribution in [3.05, 3.63) is 30.5 Å². The third-order valence-corrected chi connectivity index (χ3v) is 3.86. The minimum absolute atomic E-state index is 0.164. The fourth-order valence-corrected chi connectivity index (χ4v) is 2.55. The normalized spacial score (nSPS) is 15.6. The van der Waals surface area contributed by atoms with Gasteiger partial charge in [-0.1, -0.05) is 0 Å². The highest BCUT2D eigenvalue weighted by Gasteiger charge is 2.16. The van der Waals surface area contributed by atoms with E-state index in [4.69, 9.17) is 4.74 Å². The number of hydrogen-bond donors (Lipinski definition) is 1. The maximum absolute atomic E-state index is 5.64. The second kappa shape index (κ2) is 7.44. The van der Waals surface area contributed by atoms with E-state index < -0.39 is 0 Å². The molecule has 0 bridgehead atoms. The van der Waals surface area contributed by atoms with E-state index in [0.29, 0.717) is 5.95 Å². The first-order chi connectivity index (χ1) is 11.6. The molecule has 0 aliphatic carbocycles. The zero-order chi connectivity index (χ0) is 16.9. The van der Waals surface area contributed by atoms with Crippen LogP contribution < -0.4 is 15.0 Å². The van der Waals surface area contributed by atoms with Crippen molar-refractivity contribution in [1.29, 1.82) is 0 Å². The number of hydrogen-bond acceptors (Lipinski definition) is 7. The molecule has 0 radical (unpaired) electrons. The molecule has 2 heterocycles. The SMILES string of the molecule is CC(C)Oc1ccc(Nc2nncc(N3CCN(C)CC3)n2)cc1. The van der Waals surface area contributed by atoms with Gasteiger partial charge >= 0.3 is 0 Å². The molecular weight excluding hydrogens is 304 g/mol. The standard InChI is InChI=1S/C17H24N6O/c1-13(2)24-15-6-4-14(5-7-15)19-17-20-16(12-18-21-17)23-10-8-22(3)9-11-23/h4-7,12-13H,8-11H2,1-3H3,(H,19,20,21). The van der Waals surface area contributed by atoms with Crippen LogP contribution in [0, 0.1) is 0 Å². The van der Waals surface area contributed by atoms with E-state index >= 15 is 0 Å². The third-order valence-electron chi connectivity index (χ3n) is 3.86. The summed E-state index contributed by atoms with van der Waals surface area (Å²) in [5.74, 6) is 2.21. The van der Waals surface area contributed by atoms with Crippen molar-refractivity contribution in [1.82, 2.24) is 20.1 Å². The van der Waals surface area contributed by atoms with Gasteiger partial charge in [0.25, 0.3) is 0 Å². The monoisotopic (exact) mass is 328 g/mol. The van der Waals surface area contributed by atoms with Crippen LogP contribution in [-0.2, 0) is 0 Å². The van der Waals surface area contributed by atoms with Gasteiger partial charge in [-0.25, -0.2) is 0 Å². The lowest BCUT2D eigenvalue weighted by Gasteiger charge is -2.32. The summed E-state index contributed by atoms with van der Waals surface area (Å²) in [4.78, 5) is 9.13. The van der Waals surface area contributed by atoms with Crippen LogP contribution in [0.3, 0.4) is 0 Å². The molecule has 0 amide bonds.